The van der Waals surface area contributed by atoms with E-state index in [-0.39, 0.29) is 11.8 Å². The monoisotopic (exact) mass is 294 g/mol. The molecule has 2 aromatic carbocycles. The minimum absolute atomic E-state index is 0.171. The first kappa shape index (κ1) is 13.3. The Labute approximate surface area is 129 Å². The quantitative estimate of drug-likeness (QED) is 0.878. The molecule has 0 bridgehead atoms. The van der Waals surface area contributed by atoms with E-state index < -0.39 is 0 Å². The van der Waals surface area contributed by atoms with E-state index in [2.05, 4.69) is 5.32 Å². The van der Waals surface area contributed by atoms with Crippen molar-refractivity contribution < 1.29 is 9.53 Å². The molecular weight excluding hydrogens is 276 g/mol. The van der Waals surface area contributed by atoms with Gasteiger partial charge in [-0.15, -0.1) is 0 Å². The van der Waals surface area contributed by atoms with Crippen molar-refractivity contribution in [2.75, 3.05) is 26.2 Å². The van der Waals surface area contributed by atoms with Gasteiger partial charge in [0.1, 0.15) is 11.5 Å². The molecule has 1 saturated heterocycles. The zero-order valence-corrected chi connectivity index (χ0v) is 12.3. The summed E-state index contributed by atoms with van der Waals surface area (Å²) >= 11 is 0. The van der Waals surface area contributed by atoms with Crippen LogP contribution in [0.15, 0.2) is 48.5 Å². The number of benzene rings is 2. The number of rotatable bonds is 1. The van der Waals surface area contributed by atoms with Crippen molar-refractivity contribution in [3.63, 3.8) is 0 Å². The number of nitrogens with zero attached hydrogens (tertiary/aromatic N) is 1. The number of para-hydroxylation sites is 2. The van der Waals surface area contributed by atoms with Gasteiger partial charge in [0.15, 0.2) is 0 Å². The normalized spacial score (nSPS) is 17.4. The van der Waals surface area contributed by atoms with Crippen molar-refractivity contribution >= 4 is 5.91 Å². The van der Waals surface area contributed by atoms with E-state index >= 15 is 0 Å². The van der Waals surface area contributed by atoms with E-state index in [1.807, 2.05) is 53.4 Å². The van der Waals surface area contributed by atoms with Gasteiger partial charge in [-0.25, -0.2) is 0 Å². The lowest BCUT2D eigenvalue weighted by Gasteiger charge is -2.34. The molecule has 2 heterocycles. The molecule has 1 amide bonds. The largest absolute Gasteiger partial charge is 0.457 e. The Hall–Kier alpha value is -2.33. The summed E-state index contributed by atoms with van der Waals surface area (Å²) < 4.78 is 5.96. The highest BCUT2D eigenvalue weighted by Crippen LogP contribution is 2.44. The predicted molar refractivity (Wildman–Crippen MR) is 84.3 cm³/mol. The molecule has 0 radical (unpaired) electrons. The van der Waals surface area contributed by atoms with Crippen LogP contribution < -0.4 is 10.1 Å². The minimum atomic E-state index is -0.265. The van der Waals surface area contributed by atoms with Gasteiger partial charge in [-0.2, -0.15) is 0 Å². The van der Waals surface area contributed by atoms with Gasteiger partial charge >= 0.3 is 0 Å². The highest BCUT2D eigenvalue weighted by molar-refractivity contribution is 5.89. The SMILES string of the molecule is O=C(C1c2ccccc2Oc2ccccc21)N1CCNCC1. The van der Waals surface area contributed by atoms with E-state index in [4.69, 9.17) is 4.74 Å². The van der Waals surface area contributed by atoms with Crippen molar-refractivity contribution in [1.82, 2.24) is 10.2 Å². The van der Waals surface area contributed by atoms with Gasteiger partial charge in [-0.05, 0) is 12.1 Å². The van der Waals surface area contributed by atoms with E-state index in [1.165, 1.54) is 0 Å². The van der Waals surface area contributed by atoms with Crippen LogP contribution in [0.1, 0.15) is 17.0 Å². The molecule has 4 heteroatoms. The maximum absolute atomic E-state index is 13.1. The van der Waals surface area contributed by atoms with Gasteiger partial charge in [0.25, 0.3) is 0 Å². The average Bonchev–Trinajstić information content (AvgIpc) is 2.60. The van der Waals surface area contributed by atoms with Crippen LogP contribution in [0, 0.1) is 0 Å². The van der Waals surface area contributed by atoms with Crippen LogP contribution in [-0.4, -0.2) is 37.0 Å². The summed E-state index contributed by atoms with van der Waals surface area (Å²) in [4.78, 5) is 15.1. The summed E-state index contributed by atoms with van der Waals surface area (Å²) in [5.74, 6) is 1.48. The maximum atomic E-state index is 13.1. The Balaban J connectivity index is 1.78. The van der Waals surface area contributed by atoms with Crippen LogP contribution in [0.2, 0.25) is 0 Å². The Morgan fingerprint density at radius 3 is 2.09 bits per heavy atom. The number of piperazine rings is 1. The zero-order chi connectivity index (χ0) is 14.9. The lowest BCUT2D eigenvalue weighted by atomic mass is 9.86. The van der Waals surface area contributed by atoms with E-state index in [1.54, 1.807) is 0 Å². The van der Waals surface area contributed by atoms with Gasteiger partial charge in [0.05, 0.1) is 5.92 Å². The Morgan fingerprint density at radius 1 is 0.955 bits per heavy atom. The number of amides is 1. The number of nitrogens with one attached hydrogen (secondary N) is 1. The number of hydrogen-bond donors (Lipinski definition) is 1. The first-order valence-corrected chi connectivity index (χ1v) is 7.70. The molecule has 1 fully saturated rings. The van der Waals surface area contributed by atoms with Crippen LogP contribution in [0.4, 0.5) is 0 Å². The topological polar surface area (TPSA) is 41.6 Å². The molecule has 2 aliphatic heterocycles. The third-order valence-electron chi connectivity index (χ3n) is 4.36. The molecular formula is C18H18N2O2. The van der Waals surface area contributed by atoms with Gasteiger partial charge in [0.2, 0.25) is 5.91 Å². The van der Waals surface area contributed by atoms with Crippen LogP contribution in [0.3, 0.4) is 0 Å². The van der Waals surface area contributed by atoms with Crippen LogP contribution in [0.25, 0.3) is 0 Å². The van der Waals surface area contributed by atoms with Crippen molar-refractivity contribution in [3.8, 4) is 11.5 Å². The molecule has 112 valence electrons. The van der Waals surface area contributed by atoms with Crippen LogP contribution in [-0.2, 0) is 4.79 Å². The maximum Gasteiger partial charge on any atom is 0.234 e. The second-order valence-electron chi connectivity index (χ2n) is 5.69. The minimum Gasteiger partial charge on any atom is -0.457 e. The predicted octanol–water partition coefficient (Wildman–Crippen LogP) is 2.36. The highest BCUT2D eigenvalue weighted by atomic mass is 16.5. The van der Waals surface area contributed by atoms with Crippen LogP contribution in [0.5, 0.6) is 11.5 Å². The van der Waals surface area contributed by atoms with Crippen molar-refractivity contribution in [2.24, 2.45) is 0 Å². The van der Waals surface area contributed by atoms with Gasteiger partial charge < -0.3 is 15.0 Å². The molecule has 4 nitrogen and oxygen atoms in total. The molecule has 0 aliphatic carbocycles. The van der Waals surface area contributed by atoms with E-state index in [0.29, 0.717) is 0 Å². The van der Waals surface area contributed by atoms with Crippen molar-refractivity contribution in [2.45, 2.75) is 5.92 Å². The smallest absolute Gasteiger partial charge is 0.234 e. The third-order valence-corrected chi connectivity index (χ3v) is 4.36. The highest BCUT2D eigenvalue weighted by Gasteiger charge is 2.35. The fourth-order valence-electron chi connectivity index (χ4n) is 3.24. The molecule has 0 aromatic heterocycles. The van der Waals surface area contributed by atoms with Gasteiger partial charge in [0, 0.05) is 37.3 Å². The zero-order valence-electron chi connectivity index (χ0n) is 12.3. The number of ether oxygens (including phenoxy) is 1. The molecule has 0 atom stereocenters. The molecule has 1 N–H and O–H groups in total. The summed E-state index contributed by atoms with van der Waals surface area (Å²) in [7, 11) is 0. The summed E-state index contributed by atoms with van der Waals surface area (Å²) in [6.45, 7) is 3.25. The van der Waals surface area contributed by atoms with Gasteiger partial charge in [-0.3, -0.25) is 4.79 Å². The Morgan fingerprint density at radius 2 is 1.50 bits per heavy atom. The molecule has 0 unspecified atom stereocenters. The summed E-state index contributed by atoms with van der Waals surface area (Å²) in [6.07, 6.45) is 0. The van der Waals surface area contributed by atoms with Gasteiger partial charge in [-0.1, -0.05) is 36.4 Å². The van der Waals surface area contributed by atoms with Crippen molar-refractivity contribution in [1.29, 1.82) is 0 Å². The standard InChI is InChI=1S/C18H18N2O2/c21-18(20-11-9-19-10-12-20)17-13-5-1-3-7-15(13)22-16-8-4-2-6-14(16)17/h1-8,17,19H,9-12H2. The molecule has 0 saturated carbocycles. The first-order chi connectivity index (χ1) is 10.8. The van der Waals surface area contributed by atoms with Crippen molar-refractivity contribution in [3.05, 3.63) is 59.7 Å². The first-order valence-electron chi connectivity index (χ1n) is 7.70. The number of fused-ring (bicyclic) bond motifs is 2. The number of carbonyl (C=O) groups is 1. The second kappa shape index (κ2) is 5.46. The fraction of sp³-hybridized carbons (Fsp3) is 0.278. The fourth-order valence-corrected chi connectivity index (χ4v) is 3.24. The Kier molecular flexibility index (Phi) is 3.31. The van der Waals surface area contributed by atoms with Crippen LogP contribution >= 0.6 is 0 Å². The molecule has 2 aromatic rings. The lowest BCUT2D eigenvalue weighted by molar-refractivity contribution is -0.132. The molecule has 4 rings (SSSR count). The number of carbonyl (C=O) groups excluding carboxylic acids is 1. The lowest BCUT2D eigenvalue weighted by Crippen LogP contribution is -2.48. The summed E-state index contributed by atoms with van der Waals surface area (Å²) in [6, 6.07) is 15.7. The third kappa shape index (κ3) is 2.16. The summed E-state index contributed by atoms with van der Waals surface area (Å²) in [5, 5.41) is 3.29. The average molecular weight is 294 g/mol. The summed E-state index contributed by atoms with van der Waals surface area (Å²) in [5.41, 5.74) is 1.93. The molecule has 2 aliphatic rings. The Bertz CT molecular complexity index is 662. The van der Waals surface area contributed by atoms with E-state index in [9.17, 15) is 4.79 Å². The number of hydrogen-bond acceptors (Lipinski definition) is 3. The molecule has 22 heavy (non-hydrogen) atoms. The van der Waals surface area contributed by atoms with E-state index in [0.717, 1.165) is 48.8 Å². The second-order valence-corrected chi connectivity index (χ2v) is 5.69. The molecule has 0 spiro atoms.